The normalized spacial score (nSPS) is 31.3. The second kappa shape index (κ2) is 49.6. The summed E-state index contributed by atoms with van der Waals surface area (Å²) < 4.78 is 69.5. The Labute approximate surface area is 659 Å². The van der Waals surface area contributed by atoms with Crippen LogP contribution in [-0.2, 0) is 76.0 Å². The second-order valence-electron chi connectivity index (χ2n) is 31.9. The highest BCUT2D eigenvalue weighted by atomic mass is 35.5. The van der Waals surface area contributed by atoms with Crippen LogP contribution in [-0.4, -0.2) is 325 Å². The van der Waals surface area contributed by atoms with E-state index >= 15 is 0 Å². The topological polar surface area (TPSA) is 296 Å². The van der Waals surface area contributed by atoms with E-state index in [1.54, 1.807) is 4.90 Å². The number of hydrogen-bond donors (Lipinski definition) is 5. The van der Waals surface area contributed by atoms with Crippen LogP contribution in [0.4, 0.5) is 4.79 Å². The number of halogens is 2. The molecule has 6 aliphatic heterocycles. The Morgan fingerprint density at radius 2 is 1.21 bits per heavy atom. The van der Waals surface area contributed by atoms with Crippen molar-refractivity contribution in [1.29, 1.82) is 5.26 Å². The minimum Gasteiger partial charge on any atom is -0.379 e. The van der Waals surface area contributed by atoms with Crippen molar-refractivity contribution in [2.45, 2.75) is 214 Å². The molecular weight excluding hydrogens is 1450 g/mol. The van der Waals surface area contributed by atoms with Crippen LogP contribution in [0.1, 0.15) is 155 Å². The van der Waals surface area contributed by atoms with Crippen molar-refractivity contribution in [3.63, 3.8) is 0 Å². The highest BCUT2D eigenvalue weighted by Crippen LogP contribution is 2.46. The van der Waals surface area contributed by atoms with Gasteiger partial charge in [0.25, 0.3) is 0 Å². The van der Waals surface area contributed by atoms with Crippen molar-refractivity contribution >= 4 is 52.9 Å². The van der Waals surface area contributed by atoms with Crippen LogP contribution < -0.4 is 26.6 Å². The number of nitrogens with zero attached hydrogens (tertiary/aromatic N) is 6. The Bertz CT molecular complexity index is 2690. The molecule has 4 saturated carbocycles. The molecular formula is C79H135Cl2N11O17. The number of piperazine rings is 1. The van der Waals surface area contributed by atoms with Gasteiger partial charge in [-0.25, -0.2) is 4.79 Å². The minimum atomic E-state index is -0.563. The van der Waals surface area contributed by atoms with Crippen LogP contribution >= 0.6 is 23.2 Å². The maximum atomic E-state index is 13.2. The number of ether oxygens (including phenoxy) is 12. The third-order valence-electron chi connectivity index (χ3n) is 24.6. The van der Waals surface area contributed by atoms with Gasteiger partial charge in [-0.2, -0.15) is 5.26 Å². The largest absolute Gasteiger partial charge is 0.379 e. The third-order valence-corrected chi connectivity index (χ3v) is 25.5. The highest BCUT2D eigenvalue weighted by Gasteiger charge is 2.51. The lowest BCUT2D eigenvalue weighted by atomic mass is 9.67. The van der Waals surface area contributed by atoms with Crippen molar-refractivity contribution < 1.29 is 80.8 Å². The van der Waals surface area contributed by atoms with E-state index in [1.165, 1.54) is 32.1 Å². The zero-order valence-corrected chi connectivity index (χ0v) is 67.1. The first-order valence-corrected chi connectivity index (χ1v) is 43.1. The molecule has 622 valence electrons. The van der Waals surface area contributed by atoms with Crippen molar-refractivity contribution in [3.8, 4) is 6.07 Å². The van der Waals surface area contributed by atoms with Gasteiger partial charge in [0.15, 0.2) is 6.35 Å². The molecule has 0 bridgehead atoms. The number of likely N-dealkylation sites (tertiary alicyclic amines) is 3. The Morgan fingerprint density at radius 1 is 0.578 bits per heavy atom. The van der Waals surface area contributed by atoms with E-state index in [-0.39, 0.29) is 95.2 Å². The number of piperidine rings is 2. The molecule has 10 fully saturated rings. The van der Waals surface area contributed by atoms with Gasteiger partial charge in [-0.05, 0) is 126 Å². The highest BCUT2D eigenvalue weighted by molar-refractivity contribution is 6.21. The Hall–Kier alpha value is -3.26. The van der Waals surface area contributed by atoms with Crippen LogP contribution in [0.2, 0.25) is 0 Å². The van der Waals surface area contributed by atoms with Crippen LogP contribution in [0.25, 0.3) is 0 Å². The van der Waals surface area contributed by atoms with E-state index in [1.807, 2.05) is 11.8 Å². The van der Waals surface area contributed by atoms with Crippen molar-refractivity contribution in [2.24, 2.45) is 41.4 Å². The van der Waals surface area contributed by atoms with Gasteiger partial charge in [0.05, 0.1) is 170 Å². The number of urea groups is 1. The second-order valence-corrected chi connectivity index (χ2v) is 33.1. The zero-order chi connectivity index (χ0) is 76.2. The molecule has 17 atom stereocenters. The number of carbonyl (C=O) groups is 5. The molecule has 5 N–H and O–H groups in total. The van der Waals surface area contributed by atoms with E-state index in [2.05, 4.69) is 47.4 Å². The summed E-state index contributed by atoms with van der Waals surface area (Å²) in [6, 6.07) is 2.68. The first-order chi connectivity index (χ1) is 53.4. The summed E-state index contributed by atoms with van der Waals surface area (Å²) in [4.78, 5) is 74.7. The van der Waals surface area contributed by atoms with Gasteiger partial charge >= 0.3 is 6.03 Å². The number of fused-ring (bicyclic) bond motifs is 3. The first kappa shape index (κ1) is 88.1. The average Bonchev–Trinajstić information content (AvgIpc) is 1.46. The molecule has 6 heterocycles. The number of nitrogens with one attached hydrogen (secondary N) is 5. The smallest absolute Gasteiger partial charge is 0.315 e. The quantitative estimate of drug-likeness (QED) is 0.0270. The van der Waals surface area contributed by atoms with Crippen LogP contribution in [0.3, 0.4) is 0 Å². The molecule has 10 aliphatic rings. The van der Waals surface area contributed by atoms with Crippen molar-refractivity contribution in [2.75, 3.05) is 211 Å². The predicted molar refractivity (Wildman–Crippen MR) is 411 cm³/mol. The van der Waals surface area contributed by atoms with E-state index in [0.29, 0.717) is 227 Å². The third kappa shape index (κ3) is 29.2. The van der Waals surface area contributed by atoms with E-state index in [4.69, 9.17) is 80.0 Å². The summed E-state index contributed by atoms with van der Waals surface area (Å²) >= 11 is 13.9. The number of amides is 6. The molecule has 0 aromatic rings. The van der Waals surface area contributed by atoms with E-state index in [0.717, 1.165) is 129 Å². The van der Waals surface area contributed by atoms with Gasteiger partial charge in [0, 0.05) is 112 Å². The summed E-state index contributed by atoms with van der Waals surface area (Å²) in [6.45, 7) is 20.8. The fourth-order valence-electron chi connectivity index (χ4n) is 19.1. The summed E-state index contributed by atoms with van der Waals surface area (Å²) in [6.07, 6.45) is 21.4. The average molecular weight is 1580 g/mol. The molecule has 109 heavy (non-hydrogen) atoms. The molecule has 0 aromatic carbocycles. The van der Waals surface area contributed by atoms with Crippen molar-refractivity contribution in [1.82, 2.24) is 51.1 Å². The zero-order valence-electron chi connectivity index (χ0n) is 65.6. The van der Waals surface area contributed by atoms with Gasteiger partial charge in [-0.15, -0.1) is 23.2 Å². The molecule has 30 heteroatoms. The van der Waals surface area contributed by atoms with Crippen LogP contribution in [0.5, 0.6) is 0 Å². The van der Waals surface area contributed by atoms with Gasteiger partial charge < -0.3 is 77.3 Å². The van der Waals surface area contributed by atoms with Gasteiger partial charge in [0.2, 0.25) is 23.6 Å². The first-order valence-electron chi connectivity index (χ1n) is 42.3. The maximum Gasteiger partial charge on any atom is 0.315 e. The summed E-state index contributed by atoms with van der Waals surface area (Å²) in [5, 5.41) is 26.7. The summed E-state index contributed by atoms with van der Waals surface area (Å²) in [5.74, 6) is 2.03. The lowest BCUT2D eigenvalue weighted by Crippen LogP contribution is -2.74. The van der Waals surface area contributed by atoms with Crippen molar-refractivity contribution in [3.05, 3.63) is 0 Å². The Kier molecular flexibility index (Phi) is 40.1. The van der Waals surface area contributed by atoms with E-state index < -0.39 is 6.04 Å². The monoisotopic (exact) mass is 1580 g/mol. The van der Waals surface area contributed by atoms with E-state index in [9.17, 15) is 29.2 Å². The maximum absolute atomic E-state index is 13.2. The molecule has 0 aromatic heterocycles. The molecule has 0 spiro atoms. The molecule has 0 radical (unpaired) electrons. The Balaban J connectivity index is 0.443. The number of hydrogen-bond acceptors (Lipinski definition) is 23. The standard InChI is InChI=1S/C79H135Cl2N11O17/c1-2-73(94)91-25-24-90(55-64(91)19-21-82)75-67-20-23-89(70-14-7-11-60-10-6-13-68(81)74(60)70)56-69(67)85-79(87-75)109-57-65-12-8-22-88(65)26-28-99-30-32-101-34-36-103-38-40-105-42-44-107-46-48-108-47-45-106-43-41-104-39-37-102-35-33-100-31-29-98-27-5-3-4-9-58-50-62(80)52-63(51-58)84-78(97)83-53-59-15-16-66-61(49-59)54-92(77(66)96)71-17-18-72(93)86-76(71)95/h58-71,74-75,79,85,87H,2-20,22-57H2,1H3,(H2,83,84,97)(H,86,93,95)/t58?,59?,60?,61?,62?,63?,64-,65-,66?,67?,68?,69?,70?,71?,74?,75?,79?/m0/s1. The lowest BCUT2D eigenvalue weighted by molar-refractivity contribution is -0.144. The molecule has 10 rings (SSSR count). The number of rotatable bonds is 50. The summed E-state index contributed by atoms with van der Waals surface area (Å²) in [5.41, 5.74) is 0. The molecule has 15 unspecified atom stereocenters. The lowest BCUT2D eigenvalue weighted by Gasteiger charge is -2.56. The number of carbonyl (C=O) groups excluding carboxylic acids is 5. The fourth-order valence-corrected chi connectivity index (χ4v) is 20.1. The SMILES string of the molecule is CCC(=O)N1CCN(C2NC(OC[C@@H]3CCCN3CCOCCOCCOCCOCCOCCOCCOCCOCCOCCOCCOCCCCCC3CC(Cl)CC(NC(=O)NCC4CCC5C(=O)N(C6CCC(=O)NC6=O)CC5C4)C3)NC3CN(C4CCCC5CCCC(Cl)C54)CCC32)C[C@@H]1CC#N. The molecule has 4 aliphatic carbocycles. The number of nitriles is 1. The van der Waals surface area contributed by atoms with Gasteiger partial charge in [-0.3, -0.25) is 49.8 Å². The molecule has 6 amide bonds. The molecule has 28 nitrogen and oxygen atoms in total. The Morgan fingerprint density at radius 3 is 1.84 bits per heavy atom. The van der Waals surface area contributed by atoms with Gasteiger partial charge in [0.1, 0.15) is 6.04 Å². The van der Waals surface area contributed by atoms with Gasteiger partial charge in [-0.1, -0.05) is 51.9 Å². The fraction of sp³-hybridized carbons (Fsp3) is 0.924. The predicted octanol–water partition coefficient (Wildman–Crippen LogP) is 5.87. The minimum absolute atomic E-state index is 0.0290. The number of unbranched alkanes of at least 4 members (excludes halogenated alkanes) is 2. The molecule has 6 saturated heterocycles. The summed E-state index contributed by atoms with van der Waals surface area (Å²) in [7, 11) is 0. The number of imide groups is 1. The van der Waals surface area contributed by atoms with Crippen LogP contribution in [0.15, 0.2) is 0 Å². The van der Waals surface area contributed by atoms with Crippen LogP contribution in [0, 0.1) is 52.8 Å². The number of alkyl halides is 2.